The predicted octanol–water partition coefficient (Wildman–Crippen LogP) is 4.34. The number of hydrogen-bond donors (Lipinski definition) is 5. The smallest absolute Gasteiger partial charge is 0.319 e. The number of urea groups is 1. The van der Waals surface area contributed by atoms with Crippen molar-refractivity contribution in [1.82, 2.24) is 20.3 Å². The van der Waals surface area contributed by atoms with Gasteiger partial charge in [-0.1, -0.05) is 0 Å². The molecule has 3 aliphatic heterocycles. The summed E-state index contributed by atoms with van der Waals surface area (Å²) < 4.78 is 0. The van der Waals surface area contributed by atoms with Crippen LogP contribution in [0.2, 0.25) is 0 Å². The standard InChI is InChI=1S/C35H30N8O4/c1-37-32(44)26-14-20-17-8-11-41(29(17)5-2-23(20)38-26)33(45)27-15-21-18-9-12-42(30(18)6-3-24(21)39-27)34(46)28-16-22-19-10-13-43(35(36)47)31(19)7-4-25(22)40-28/h2-7,14-16,38-40H,8-13H2,1H3,(H2,36,47)(H,37,44). The number of aromatic amines is 3. The van der Waals surface area contributed by atoms with E-state index in [1.54, 1.807) is 21.7 Å². The number of rotatable bonds is 3. The highest BCUT2D eigenvalue weighted by molar-refractivity contribution is 6.13. The van der Waals surface area contributed by atoms with Crippen molar-refractivity contribution < 1.29 is 19.2 Å². The van der Waals surface area contributed by atoms with Gasteiger partial charge in [0.15, 0.2) is 0 Å². The van der Waals surface area contributed by atoms with E-state index in [4.69, 9.17) is 5.73 Å². The van der Waals surface area contributed by atoms with Gasteiger partial charge in [-0.3, -0.25) is 19.3 Å². The summed E-state index contributed by atoms with van der Waals surface area (Å²) in [5.74, 6) is -0.440. The summed E-state index contributed by atoms with van der Waals surface area (Å²) >= 11 is 0. The Bertz CT molecular complexity index is 2380. The van der Waals surface area contributed by atoms with Crippen molar-refractivity contribution >= 4 is 73.5 Å². The van der Waals surface area contributed by atoms with Crippen LogP contribution in [0.5, 0.6) is 0 Å². The van der Waals surface area contributed by atoms with Crippen LogP contribution in [0.25, 0.3) is 32.7 Å². The largest absolute Gasteiger partial charge is 0.354 e. The lowest BCUT2D eigenvalue weighted by Crippen LogP contribution is -2.33. The zero-order valence-corrected chi connectivity index (χ0v) is 25.5. The fraction of sp³-hybridized carbons (Fsp3) is 0.200. The Morgan fingerprint density at radius 1 is 0.596 bits per heavy atom. The number of aromatic nitrogens is 3. The Kier molecular flexibility index (Phi) is 5.65. The van der Waals surface area contributed by atoms with Gasteiger partial charge in [0.05, 0.1) is 0 Å². The molecule has 12 nitrogen and oxygen atoms in total. The number of benzene rings is 3. The zero-order chi connectivity index (χ0) is 32.1. The third-order valence-corrected chi connectivity index (χ3v) is 9.99. The first-order valence-corrected chi connectivity index (χ1v) is 15.7. The van der Waals surface area contributed by atoms with Crippen LogP contribution >= 0.6 is 0 Å². The molecule has 0 spiro atoms. The maximum Gasteiger partial charge on any atom is 0.319 e. The Hall–Kier alpha value is -6.04. The molecule has 0 unspecified atom stereocenters. The van der Waals surface area contributed by atoms with Crippen LogP contribution in [0.1, 0.15) is 48.2 Å². The van der Waals surface area contributed by atoms with E-state index in [0.29, 0.717) is 56.0 Å². The van der Waals surface area contributed by atoms with E-state index in [1.165, 1.54) is 0 Å². The summed E-state index contributed by atoms with van der Waals surface area (Å²) in [5, 5.41) is 5.44. The SMILES string of the molecule is CNC(=O)c1cc2c3c(ccc2[nH]1)N(C(=O)c1cc2c4c(ccc2[nH]1)N(C(=O)c1cc2c5c(ccc2[nH]1)N(C(N)=O)CC5)CC4)CC3. The minimum absolute atomic E-state index is 0.124. The Balaban J connectivity index is 1.01. The molecule has 0 saturated heterocycles. The van der Waals surface area contributed by atoms with Gasteiger partial charge in [0, 0.05) is 76.5 Å². The quantitative estimate of drug-likeness (QED) is 0.198. The van der Waals surface area contributed by atoms with Gasteiger partial charge in [0.2, 0.25) is 0 Å². The Morgan fingerprint density at radius 3 is 1.40 bits per heavy atom. The number of fused-ring (bicyclic) bond motifs is 9. The molecule has 0 atom stereocenters. The van der Waals surface area contributed by atoms with Crippen molar-refractivity contribution in [2.45, 2.75) is 19.3 Å². The lowest BCUT2D eigenvalue weighted by molar-refractivity contribution is 0.0955. The fourth-order valence-electron chi connectivity index (χ4n) is 7.77. The second kappa shape index (κ2) is 9.73. The van der Waals surface area contributed by atoms with Gasteiger partial charge < -0.3 is 35.8 Å². The van der Waals surface area contributed by atoms with E-state index in [1.807, 2.05) is 54.6 Å². The molecule has 9 rings (SSSR count). The second-order valence-corrected chi connectivity index (χ2v) is 12.4. The van der Waals surface area contributed by atoms with Crippen molar-refractivity contribution in [3.05, 3.63) is 88.4 Å². The van der Waals surface area contributed by atoms with Crippen LogP contribution in [-0.2, 0) is 19.3 Å². The summed E-state index contributed by atoms with van der Waals surface area (Å²) in [7, 11) is 1.60. The molecule has 3 aliphatic rings. The molecule has 5 amide bonds. The second-order valence-electron chi connectivity index (χ2n) is 12.4. The summed E-state index contributed by atoms with van der Waals surface area (Å²) in [4.78, 5) is 66.7. The Labute approximate surface area is 267 Å². The molecule has 0 saturated carbocycles. The van der Waals surface area contributed by atoms with E-state index in [-0.39, 0.29) is 17.7 Å². The monoisotopic (exact) mass is 626 g/mol. The summed E-state index contributed by atoms with van der Waals surface area (Å²) in [6.45, 7) is 1.59. The fourth-order valence-corrected chi connectivity index (χ4v) is 7.77. The van der Waals surface area contributed by atoms with E-state index < -0.39 is 6.03 Å². The number of carbonyl (C=O) groups excluding carboxylic acids is 4. The van der Waals surface area contributed by atoms with Gasteiger partial charge in [-0.15, -0.1) is 0 Å². The lowest BCUT2D eigenvalue weighted by atomic mass is 10.1. The molecule has 12 heteroatoms. The van der Waals surface area contributed by atoms with Crippen LogP contribution < -0.4 is 25.8 Å². The number of nitrogens with one attached hydrogen (secondary N) is 4. The Morgan fingerprint density at radius 2 is 0.979 bits per heavy atom. The van der Waals surface area contributed by atoms with Gasteiger partial charge in [-0.25, -0.2) is 4.79 Å². The minimum Gasteiger partial charge on any atom is -0.354 e. The van der Waals surface area contributed by atoms with E-state index in [2.05, 4.69) is 20.3 Å². The van der Waals surface area contributed by atoms with Crippen molar-refractivity contribution in [3.63, 3.8) is 0 Å². The predicted molar refractivity (Wildman–Crippen MR) is 180 cm³/mol. The summed E-state index contributed by atoms with van der Waals surface area (Å²) in [6.07, 6.45) is 2.03. The summed E-state index contributed by atoms with van der Waals surface area (Å²) in [6, 6.07) is 16.6. The third kappa shape index (κ3) is 3.87. The number of H-pyrrole nitrogens is 3. The molecule has 6 heterocycles. The first-order chi connectivity index (χ1) is 22.8. The highest BCUT2D eigenvalue weighted by Crippen LogP contribution is 2.39. The maximum atomic E-state index is 13.9. The van der Waals surface area contributed by atoms with Gasteiger partial charge in [0.1, 0.15) is 17.1 Å². The molecular weight excluding hydrogens is 596 g/mol. The molecule has 47 heavy (non-hydrogen) atoms. The van der Waals surface area contributed by atoms with E-state index in [0.717, 1.165) is 66.5 Å². The molecule has 3 aromatic carbocycles. The minimum atomic E-state index is -0.481. The van der Waals surface area contributed by atoms with Crippen molar-refractivity contribution in [3.8, 4) is 0 Å². The van der Waals surface area contributed by atoms with Crippen molar-refractivity contribution in [1.29, 1.82) is 0 Å². The van der Waals surface area contributed by atoms with Gasteiger partial charge in [0.25, 0.3) is 17.7 Å². The average molecular weight is 627 g/mol. The lowest BCUT2D eigenvalue weighted by Gasteiger charge is -2.16. The van der Waals surface area contributed by atoms with Gasteiger partial charge in [-0.2, -0.15) is 0 Å². The van der Waals surface area contributed by atoms with Crippen LogP contribution in [0.4, 0.5) is 21.9 Å². The van der Waals surface area contributed by atoms with Gasteiger partial charge >= 0.3 is 6.03 Å². The normalized spacial score (nSPS) is 15.1. The number of nitrogens with zero attached hydrogens (tertiary/aromatic N) is 3. The molecule has 6 N–H and O–H groups in total. The third-order valence-electron chi connectivity index (χ3n) is 9.99. The molecular formula is C35H30N8O4. The molecule has 0 fully saturated rings. The first-order valence-electron chi connectivity index (χ1n) is 15.7. The number of anilines is 3. The molecule has 0 radical (unpaired) electrons. The number of nitrogens with two attached hydrogens (primary N) is 1. The highest BCUT2D eigenvalue weighted by atomic mass is 16.2. The van der Waals surface area contributed by atoms with Crippen LogP contribution in [-0.4, -0.2) is 65.4 Å². The molecule has 0 bridgehead atoms. The number of carbonyl (C=O) groups is 4. The zero-order valence-electron chi connectivity index (χ0n) is 25.5. The van der Waals surface area contributed by atoms with E-state index >= 15 is 0 Å². The van der Waals surface area contributed by atoms with Crippen LogP contribution in [0, 0.1) is 0 Å². The van der Waals surface area contributed by atoms with Crippen molar-refractivity contribution in [2.24, 2.45) is 5.73 Å². The topological polar surface area (TPSA) is 163 Å². The molecule has 3 aromatic heterocycles. The van der Waals surface area contributed by atoms with Crippen molar-refractivity contribution in [2.75, 3.05) is 41.4 Å². The first kappa shape index (κ1) is 27.3. The van der Waals surface area contributed by atoms with Crippen LogP contribution in [0.15, 0.2) is 54.6 Å². The molecule has 234 valence electrons. The number of amides is 5. The number of hydrogen-bond acceptors (Lipinski definition) is 4. The summed E-state index contributed by atoms with van der Waals surface area (Å²) in [5.41, 5.74) is 15.1. The van der Waals surface area contributed by atoms with Crippen LogP contribution in [0.3, 0.4) is 0 Å². The number of primary amides is 1. The van der Waals surface area contributed by atoms with E-state index in [9.17, 15) is 19.2 Å². The maximum absolute atomic E-state index is 13.9. The van der Waals surface area contributed by atoms with Gasteiger partial charge in [-0.05, 0) is 90.6 Å². The molecule has 6 aromatic rings. The average Bonchev–Trinajstić information content (AvgIpc) is 3.91. The molecule has 0 aliphatic carbocycles. The highest BCUT2D eigenvalue weighted by Gasteiger charge is 2.32.